The molecule has 0 aromatic carbocycles. The second-order valence-corrected chi connectivity index (χ2v) is 0. The summed E-state index contributed by atoms with van der Waals surface area (Å²) in [5, 5.41) is 0. The normalized spacial score (nSPS) is 0. The van der Waals surface area contributed by atoms with Crippen molar-refractivity contribution in [2.24, 2.45) is 0 Å². The smallest absolute Gasteiger partial charge is 0.870 e. The van der Waals surface area contributed by atoms with Gasteiger partial charge in [-0.3, -0.25) is 0 Å². The fraction of sp³-hybridized carbons (Fsp3) is 0. The molecule has 0 bridgehead atoms. The minimum atomic E-state index is 0. The average Bonchev–Trinajstić information content (AvgIpc) is 0. The van der Waals surface area contributed by atoms with Crippen molar-refractivity contribution in [1.29, 1.82) is 0 Å². The van der Waals surface area contributed by atoms with E-state index >= 15 is 0 Å². The minimum absolute atomic E-state index is 0. The topological polar surface area (TPSA) is 120 Å². The van der Waals surface area contributed by atoms with E-state index in [2.05, 4.69) is 0 Å². The summed E-state index contributed by atoms with van der Waals surface area (Å²) in [6.45, 7) is 0. The summed E-state index contributed by atoms with van der Waals surface area (Å²) in [4.78, 5) is 0. The zero-order valence-corrected chi connectivity index (χ0v) is 8.39. The van der Waals surface area contributed by atoms with Crippen LogP contribution in [0.15, 0.2) is 0 Å². The molecule has 36 valence electrons. The van der Waals surface area contributed by atoms with Crippen LogP contribution in [0.3, 0.4) is 0 Å². The Morgan fingerprint density at radius 3 is 0.500 bits per heavy atom. The van der Waals surface area contributed by atoms with E-state index in [9.17, 15) is 0 Å². The molecule has 0 aliphatic rings. The Balaban J connectivity index is 0. The van der Waals surface area contributed by atoms with Gasteiger partial charge in [0.2, 0.25) is 0 Å². The molecule has 0 radical (unpaired) electrons. The standard InChI is InChI=1S/Ce.4H2O.Zr/h;4*1H2;/q+4;;;;;/p-4. The van der Waals surface area contributed by atoms with Crippen LogP contribution in [0.2, 0.25) is 0 Å². The number of hydrogen-bond donors (Lipinski definition) is 0. The van der Waals surface area contributed by atoms with Gasteiger partial charge >= 0.3 is 41.7 Å². The maximum absolute atomic E-state index is 0. The predicted molar refractivity (Wildman–Crippen MR) is 7.74 cm³/mol. The molecule has 0 unspecified atom stereocenters. The van der Waals surface area contributed by atoms with E-state index in [0.29, 0.717) is 0 Å². The fourth-order valence-electron chi connectivity index (χ4n) is 0. The molecule has 0 aliphatic heterocycles. The van der Waals surface area contributed by atoms with Crippen LogP contribution in [0.1, 0.15) is 0 Å². The third-order valence-electron chi connectivity index (χ3n) is 0. The van der Waals surface area contributed by atoms with Crippen LogP contribution < -0.4 is 0 Å². The fourth-order valence-corrected chi connectivity index (χ4v) is 0. The van der Waals surface area contributed by atoms with E-state index < -0.39 is 0 Å². The third kappa shape index (κ3) is 36.0. The van der Waals surface area contributed by atoms with E-state index in [1.807, 2.05) is 0 Å². The molecular formula is H4CeO4Zr. The molecule has 4 nitrogen and oxygen atoms in total. The average molecular weight is 299 g/mol. The maximum Gasteiger partial charge on any atom is 4.00 e. The molecule has 0 aromatic rings. The van der Waals surface area contributed by atoms with Gasteiger partial charge in [-0.25, -0.2) is 0 Å². The molecule has 6 heavy (non-hydrogen) atoms. The van der Waals surface area contributed by atoms with Crippen molar-refractivity contribution < 1.29 is 89.9 Å². The van der Waals surface area contributed by atoms with E-state index in [1.54, 1.807) is 0 Å². The van der Waals surface area contributed by atoms with Crippen molar-refractivity contribution >= 4 is 0 Å². The molecular weight excluding hydrogens is 295 g/mol. The molecule has 6 heteroatoms. The van der Waals surface area contributed by atoms with Crippen LogP contribution >= 0.6 is 0 Å². The summed E-state index contributed by atoms with van der Waals surface area (Å²) in [5.41, 5.74) is 0. The molecule has 0 amide bonds. The first kappa shape index (κ1) is 92.6. The third-order valence-corrected chi connectivity index (χ3v) is 0. The summed E-state index contributed by atoms with van der Waals surface area (Å²) < 4.78 is 0. The van der Waals surface area contributed by atoms with Gasteiger partial charge in [0, 0.05) is 26.2 Å². The predicted octanol–water partition coefficient (Wildman–Crippen LogP) is -0.710. The molecule has 0 fully saturated rings. The van der Waals surface area contributed by atoms with Gasteiger partial charge in [-0.05, 0) is 0 Å². The Bertz CT molecular complexity index is 7.51. The first-order chi connectivity index (χ1) is 0. The van der Waals surface area contributed by atoms with Crippen molar-refractivity contribution in [3.05, 3.63) is 0 Å². The van der Waals surface area contributed by atoms with Gasteiger partial charge in [0.25, 0.3) is 0 Å². The first-order valence-corrected chi connectivity index (χ1v) is 0. The largest absolute Gasteiger partial charge is 4.00 e. The molecule has 0 saturated carbocycles. The molecule has 0 atom stereocenters. The van der Waals surface area contributed by atoms with E-state index in [0.717, 1.165) is 0 Å². The monoisotopic (exact) mass is 298 g/mol. The van der Waals surface area contributed by atoms with Gasteiger partial charge in [0.1, 0.15) is 0 Å². The van der Waals surface area contributed by atoms with Crippen LogP contribution in [-0.4, -0.2) is 21.9 Å². The van der Waals surface area contributed by atoms with Crippen LogP contribution in [0.4, 0.5) is 0 Å². The van der Waals surface area contributed by atoms with Crippen LogP contribution in [-0.2, 0) is 26.2 Å². The Morgan fingerprint density at radius 1 is 0.500 bits per heavy atom. The number of rotatable bonds is 0. The van der Waals surface area contributed by atoms with E-state index in [4.69, 9.17) is 0 Å². The van der Waals surface area contributed by atoms with Gasteiger partial charge < -0.3 is 21.9 Å². The molecule has 0 rings (SSSR count). The Labute approximate surface area is 88.4 Å². The summed E-state index contributed by atoms with van der Waals surface area (Å²) in [6.07, 6.45) is 0. The second kappa shape index (κ2) is 59.9. The number of hydrogen-bond acceptors (Lipinski definition) is 4. The molecule has 0 aliphatic carbocycles. The van der Waals surface area contributed by atoms with Crippen LogP contribution in [0.25, 0.3) is 0 Å². The Morgan fingerprint density at radius 2 is 0.500 bits per heavy atom. The van der Waals surface area contributed by atoms with E-state index in [-0.39, 0.29) is 89.9 Å². The van der Waals surface area contributed by atoms with Crippen molar-refractivity contribution in [1.82, 2.24) is 0 Å². The van der Waals surface area contributed by atoms with Gasteiger partial charge in [0.05, 0.1) is 0 Å². The second-order valence-electron chi connectivity index (χ2n) is 0. The molecule has 0 aromatic heterocycles. The van der Waals surface area contributed by atoms with Crippen molar-refractivity contribution in [3.63, 3.8) is 0 Å². The Hall–Kier alpha value is 2.10. The molecule has 0 heterocycles. The van der Waals surface area contributed by atoms with Crippen LogP contribution in [0, 0.1) is 41.7 Å². The molecule has 0 spiro atoms. The Kier molecular flexibility index (Phi) is 925. The summed E-state index contributed by atoms with van der Waals surface area (Å²) in [5.74, 6) is 0. The summed E-state index contributed by atoms with van der Waals surface area (Å²) in [6, 6.07) is 0. The minimum Gasteiger partial charge on any atom is -0.870 e. The summed E-state index contributed by atoms with van der Waals surface area (Å²) in [7, 11) is 0. The van der Waals surface area contributed by atoms with Crippen molar-refractivity contribution in [2.45, 2.75) is 0 Å². The van der Waals surface area contributed by atoms with E-state index in [1.165, 1.54) is 0 Å². The maximum atomic E-state index is 0. The van der Waals surface area contributed by atoms with Crippen molar-refractivity contribution in [3.8, 4) is 0 Å². The zero-order chi connectivity index (χ0) is 0. The van der Waals surface area contributed by atoms with Crippen LogP contribution in [0.5, 0.6) is 0 Å². The van der Waals surface area contributed by atoms with Gasteiger partial charge in [-0.15, -0.1) is 0 Å². The zero-order valence-electron chi connectivity index (χ0n) is 2.79. The van der Waals surface area contributed by atoms with Crippen molar-refractivity contribution in [2.75, 3.05) is 0 Å². The first-order valence-electron chi connectivity index (χ1n) is 0. The molecule has 0 saturated heterocycles. The quantitative estimate of drug-likeness (QED) is 0.586. The SMILES string of the molecule is [Ce+4].[OH-].[OH-].[OH-].[OH-].[Zr]. The molecule has 4 N–H and O–H groups in total. The van der Waals surface area contributed by atoms with Gasteiger partial charge in [-0.2, -0.15) is 0 Å². The summed E-state index contributed by atoms with van der Waals surface area (Å²) >= 11 is 0. The van der Waals surface area contributed by atoms with Gasteiger partial charge in [-0.1, -0.05) is 0 Å². The van der Waals surface area contributed by atoms with Gasteiger partial charge in [0.15, 0.2) is 0 Å².